The van der Waals surface area contributed by atoms with Gasteiger partial charge < -0.3 is 23.8 Å². The molecule has 1 saturated heterocycles. The number of esters is 1. The number of likely N-dealkylation sites (tertiary alicyclic amines) is 1. The summed E-state index contributed by atoms with van der Waals surface area (Å²) < 4.78 is 23.5. The lowest BCUT2D eigenvalue weighted by Gasteiger charge is -2.37. The third-order valence-electron chi connectivity index (χ3n) is 10.3. The van der Waals surface area contributed by atoms with Gasteiger partial charge in [-0.25, -0.2) is 4.79 Å². The number of carbonyl (C=O) groups is 3. The van der Waals surface area contributed by atoms with Gasteiger partial charge in [0, 0.05) is 13.0 Å². The van der Waals surface area contributed by atoms with E-state index in [0.717, 1.165) is 60.8 Å². The van der Waals surface area contributed by atoms with Gasteiger partial charge in [0.15, 0.2) is 17.3 Å². The number of benzene rings is 3. The van der Waals surface area contributed by atoms with Crippen molar-refractivity contribution < 1.29 is 33.3 Å². The Morgan fingerprint density at radius 1 is 0.846 bits per heavy atom. The first-order chi connectivity index (χ1) is 25.1. The first-order valence-corrected chi connectivity index (χ1v) is 19.1. The van der Waals surface area contributed by atoms with Gasteiger partial charge in [-0.15, -0.1) is 0 Å². The van der Waals surface area contributed by atoms with E-state index in [1.54, 1.807) is 19.1 Å². The van der Waals surface area contributed by atoms with Crippen molar-refractivity contribution in [3.05, 3.63) is 88.0 Å². The molecule has 8 nitrogen and oxygen atoms in total. The van der Waals surface area contributed by atoms with Crippen LogP contribution in [0.5, 0.6) is 17.2 Å². The highest BCUT2D eigenvalue weighted by atomic mass is 16.5. The monoisotopic (exact) mass is 713 g/mol. The molecule has 1 aliphatic heterocycles. The zero-order valence-electron chi connectivity index (χ0n) is 32.4. The highest BCUT2D eigenvalue weighted by molar-refractivity contribution is 5.89. The van der Waals surface area contributed by atoms with Crippen LogP contribution in [0.1, 0.15) is 123 Å². The van der Waals surface area contributed by atoms with Gasteiger partial charge in [-0.05, 0) is 117 Å². The molecule has 0 N–H and O–H groups in total. The molecule has 3 aromatic rings. The molecule has 3 atom stereocenters. The Morgan fingerprint density at radius 3 is 2.37 bits per heavy atom. The first kappa shape index (κ1) is 40.4. The Morgan fingerprint density at radius 2 is 1.65 bits per heavy atom. The standard InChI is InChI=1S/C44H59NO7/c1-8-10-11-12-17-36(46)29-51-37-18-15-16-34(27-37)40(23-22-33-21-20-30(3)31(4)25-33)52-44(48)39-19-13-14-24-45(39)43(47)38(9-2)35-26-32(5)42(50-7)41(28-35)49-6/h15-16,18,20-21,25-28,38-40H,8-14,17,19,22-24,29H2,1-7H3/t38-,39-,40?/m0/s1. The number of ketones is 1. The van der Waals surface area contributed by atoms with Gasteiger partial charge >= 0.3 is 5.97 Å². The molecule has 1 fully saturated rings. The SMILES string of the molecule is CCCCCCC(=O)COc1cccc(C(CCc2ccc(C)c(C)c2)OC(=O)[C@@H]2CCCCN2C(=O)[C@@H](CC)c2cc(C)c(OC)c(OC)c2)c1. The van der Waals surface area contributed by atoms with E-state index in [0.29, 0.717) is 55.9 Å². The van der Waals surface area contributed by atoms with E-state index < -0.39 is 24.0 Å². The van der Waals surface area contributed by atoms with Gasteiger partial charge in [0.25, 0.3) is 0 Å². The number of aryl methyl sites for hydroxylation is 4. The Balaban J connectivity index is 1.55. The predicted octanol–water partition coefficient (Wildman–Crippen LogP) is 9.34. The van der Waals surface area contributed by atoms with E-state index in [2.05, 4.69) is 39.0 Å². The lowest BCUT2D eigenvalue weighted by molar-refractivity contribution is -0.162. The first-order valence-electron chi connectivity index (χ1n) is 19.1. The molecule has 0 bridgehead atoms. The molecule has 1 aliphatic rings. The van der Waals surface area contributed by atoms with E-state index in [4.69, 9.17) is 18.9 Å². The molecule has 1 unspecified atom stereocenters. The zero-order chi connectivity index (χ0) is 37.6. The average Bonchev–Trinajstić information content (AvgIpc) is 3.15. The highest BCUT2D eigenvalue weighted by Gasteiger charge is 2.38. The normalized spacial score (nSPS) is 15.4. The van der Waals surface area contributed by atoms with Gasteiger partial charge in [-0.2, -0.15) is 0 Å². The number of amides is 1. The fraction of sp³-hybridized carbons (Fsp3) is 0.523. The Bertz CT molecular complexity index is 1650. The van der Waals surface area contributed by atoms with Crippen molar-refractivity contribution in [3.8, 4) is 17.2 Å². The molecule has 282 valence electrons. The maximum absolute atomic E-state index is 14.3. The summed E-state index contributed by atoms with van der Waals surface area (Å²) in [6.07, 6.45) is 8.13. The van der Waals surface area contributed by atoms with Crippen molar-refractivity contribution in [3.63, 3.8) is 0 Å². The van der Waals surface area contributed by atoms with Crippen molar-refractivity contribution in [2.45, 2.75) is 123 Å². The van der Waals surface area contributed by atoms with Crippen molar-refractivity contribution >= 4 is 17.7 Å². The van der Waals surface area contributed by atoms with Crippen molar-refractivity contribution in [2.75, 3.05) is 27.4 Å². The van der Waals surface area contributed by atoms with Crippen LogP contribution in [0.15, 0.2) is 54.6 Å². The molecule has 1 heterocycles. The van der Waals surface area contributed by atoms with Crippen LogP contribution in [0.25, 0.3) is 0 Å². The number of rotatable bonds is 19. The molecule has 3 aromatic carbocycles. The average molecular weight is 714 g/mol. The number of nitrogens with zero attached hydrogens (tertiary/aromatic N) is 1. The van der Waals surface area contributed by atoms with Crippen molar-refractivity contribution in [1.82, 2.24) is 4.90 Å². The fourth-order valence-electron chi connectivity index (χ4n) is 7.14. The van der Waals surface area contributed by atoms with Crippen LogP contribution in [0.4, 0.5) is 0 Å². The second-order valence-corrected chi connectivity index (χ2v) is 14.2. The van der Waals surface area contributed by atoms with Crippen LogP contribution in [-0.4, -0.2) is 56.0 Å². The fourth-order valence-corrected chi connectivity index (χ4v) is 7.14. The quantitative estimate of drug-likeness (QED) is 0.0903. The molecule has 52 heavy (non-hydrogen) atoms. The summed E-state index contributed by atoms with van der Waals surface area (Å²) in [7, 11) is 3.20. The molecular formula is C44H59NO7. The summed E-state index contributed by atoms with van der Waals surface area (Å²) in [5.74, 6) is 0.931. The number of piperidine rings is 1. The number of hydrogen-bond donors (Lipinski definition) is 0. The largest absolute Gasteiger partial charge is 0.493 e. The van der Waals surface area contributed by atoms with E-state index in [9.17, 15) is 14.4 Å². The summed E-state index contributed by atoms with van der Waals surface area (Å²) in [6, 6.07) is 17.1. The molecular weight excluding hydrogens is 654 g/mol. The number of Topliss-reactive ketones (excluding diaryl/α,β-unsaturated/α-hetero) is 1. The van der Waals surface area contributed by atoms with Gasteiger partial charge in [0.05, 0.1) is 20.1 Å². The molecule has 4 rings (SSSR count). The summed E-state index contributed by atoms with van der Waals surface area (Å²) in [4.78, 5) is 42.8. The zero-order valence-corrected chi connectivity index (χ0v) is 32.4. The van der Waals surface area contributed by atoms with Gasteiger partial charge in [0.1, 0.15) is 24.5 Å². The lowest BCUT2D eigenvalue weighted by atomic mass is 9.91. The number of methoxy groups -OCH3 is 2. The Kier molecular flexibility index (Phi) is 15.6. The smallest absolute Gasteiger partial charge is 0.329 e. The number of carbonyl (C=O) groups excluding carboxylic acids is 3. The third-order valence-corrected chi connectivity index (χ3v) is 10.3. The van der Waals surface area contributed by atoms with E-state index in [1.807, 2.05) is 50.2 Å². The van der Waals surface area contributed by atoms with Crippen molar-refractivity contribution in [1.29, 1.82) is 0 Å². The highest BCUT2D eigenvalue weighted by Crippen LogP contribution is 2.37. The molecule has 0 aliphatic carbocycles. The van der Waals surface area contributed by atoms with Crippen LogP contribution in [0, 0.1) is 20.8 Å². The van der Waals surface area contributed by atoms with Gasteiger partial charge in [-0.3, -0.25) is 9.59 Å². The molecule has 0 saturated carbocycles. The van der Waals surface area contributed by atoms with Crippen LogP contribution >= 0.6 is 0 Å². The number of unbranched alkanes of at least 4 members (excludes halogenated alkanes) is 3. The Hall–Kier alpha value is -4.33. The van der Waals surface area contributed by atoms with Crippen LogP contribution < -0.4 is 14.2 Å². The van der Waals surface area contributed by atoms with Gasteiger partial charge in [-0.1, -0.05) is 69.5 Å². The molecule has 0 spiro atoms. The number of hydrogen-bond acceptors (Lipinski definition) is 7. The van der Waals surface area contributed by atoms with Crippen LogP contribution in [0.3, 0.4) is 0 Å². The lowest BCUT2D eigenvalue weighted by Crippen LogP contribution is -2.50. The summed E-state index contributed by atoms with van der Waals surface area (Å²) >= 11 is 0. The molecule has 1 amide bonds. The molecule has 8 heteroatoms. The maximum Gasteiger partial charge on any atom is 0.329 e. The van der Waals surface area contributed by atoms with Crippen molar-refractivity contribution in [2.24, 2.45) is 0 Å². The summed E-state index contributed by atoms with van der Waals surface area (Å²) in [5, 5.41) is 0. The van der Waals surface area contributed by atoms with E-state index in [-0.39, 0.29) is 18.3 Å². The topological polar surface area (TPSA) is 91.4 Å². The third kappa shape index (κ3) is 10.8. The predicted molar refractivity (Wildman–Crippen MR) is 205 cm³/mol. The molecule has 0 aromatic heterocycles. The Labute approximate surface area is 311 Å². The van der Waals surface area contributed by atoms with Crippen LogP contribution in [-0.2, 0) is 25.5 Å². The van der Waals surface area contributed by atoms with Gasteiger partial charge in [0.2, 0.25) is 5.91 Å². The second kappa shape index (κ2) is 20.1. The number of ether oxygens (including phenoxy) is 4. The second-order valence-electron chi connectivity index (χ2n) is 14.2. The van der Waals surface area contributed by atoms with E-state index >= 15 is 0 Å². The summed E-state index contributed by atoms with van der Waals surface area (Å²) in [5.41, 5.74) is 6.12. The van der Waals surface area contributed by atoms with Crippen LogP contribution in [0.2, 0.25) is 0 Å². The minimum absolute atomic E-state index is 0.0139. The minimum atomic E-state index is -0.689. The summed E-state index contributed by atoms with van der Waals surface area (Å²) in [6.45, 7) is 10.8. The maximum atomic E-state index is 14.3. The minimum Gasteiger partial charge on any atom is -0.493 e. The molecule has 0 radical (unpaired) electrons. The van der Waals surface area contributed by atoms with E-state index in [1.165, 1.54) is 11.1 Å².